The third kappa shape index (κ3) is 4.37. The molecule has 5 atom stereocenters. The van der Waals surface area contributed by atoms with E-state index in [1.807, 2.05) is 0 Å². The van der Waals surface area contributed by atoms with Crippen LogP contribution in [0.2, 0.25) is 0 Å². The molecule has 3 rings (SSSR count). The van der Waals surface area contributed by atoms with Crippen molar-refractivity contribution in [1.82, 2.24) is 0 Å². The van der Waals surface area contributed by atoms with Gasteiger partial charge in [-0.2, -0.15) is 0 Å². The second-order valence-corrected chi connectivity index (χ2v) is 7.54. The van der Waals surface area contributed by atoms with Crippen molar-refractivity contribution in [2.45, 2.75) is 50.6 Å². The number of benzene rings is 1. The van der Waals surface area contributed by atoms with E-state index in [1.54, 1.807) is 18.2 Å². The molecule has 0 saturated carbocycles. The zero-order valence-corrected chi connectivity index (χ0v) is 17.3. The summed E-state index contributed by atoms with van der Waals surface area (Å²) >= 11 is 6.50. The fourth-order valence-corrected chi connectivity index (χ4v) is 3.80. The number of ether oxygens (including phenoxy) is 4. The molecule has 0 radical (unpaired) electrons. The van der Waals surface area contributed by atoms with Gasteiger partial charge in [-0.3, -0.25) is 25.0 Å². The highest BCUT2D eigenvalue weighted by Gasteiger charge is 2.57. The molecule has 2 heterocycles. The first kappa shape index (κ1) is 21.9. The highest BCUT2D eigenvalue weighted by molar-refractivity contribution is 6.27. The number of carbonyl (C=O) groups excluding carboxylic acids is 3. The molecule has 0 aliphatic carbocycles. The van der Waals surface area contributed by atoms with Gasteiger partial charge >= 0.3 is 17.9 Å². The van der Waals surface area contributed by atoms with Crippen molar-refractivity contribution in [3.63, 3.8) is 0 Å². The largest absolute Gasteiger partial charge is 0.463 e. The van der Waals surface area contributed by atoms with Gasteiger partial charge in [0, 0.05) is 26.5 Å². The molecule has 2 aliphatic heterocycles. The van der Waals surface area contributed by atoms with Crippen LogP contribution < -0.4 is 21.7 Å². The minimum Gasteiger partial charge on any atom is -0.463 e. The van der Waals surface area contributed by atoms with E-state index in [-0.39, 0.29) is 6.61 Å². The number of nitrogens with one attached hydrogen (secondary N) is 1. The van der Waals surface area contributed by atoms with Gasteiger partial charge < -0.3 is 30.0 Å². The topological polar surface area (TPSA) is 155 Å². The van der Waals surface area contributed by atoms with Crippen LogP contribution in [0.5, 0.6) is 0 Å². The Bertz CT molecular complexity index is 865. The van der Waals surface area contributed by atoms with Crippen molar-refractivity contribution in [2.75, 3.05) is 22.6 Å². The van der Waals surface area contributed by atoms with E-state index in [2.05, 4.69) is 5.32 Å². The highest BCUT2D eigenvalue weighted by atomic mass is 35.5. The second-order valence-electron chi connectivity index (χ2n) is 6.96. The van der Waals surface area contributed by atoms with Gasteiger partial charge in [0.1, 0.15) is 12.7 Å². The predicted molar refractivity (Wildman–Crippen MR) is 106 cm³/mol. The smallest absolute Gasteiger partial charge is 0.303 e. The quantitative estimate of drug-likeness (QED) is 0.191. The molecule has 1 fully saturated rings. The van der Waals surface area contributed by atoms with Crippen LogP contribution in [0.1, 0.15) is 20.8 Å². The SMILES string of the molecule is CC(=O)OC[C@H]1O[C@@H](N2c3ccc(N)cc3NC2(N)Cl)[C@H](OC(C)=O)[C@@H]1OC(C)=O. The van der Waals surface area contributed by atoms with Crippen LogP contribution in [0.25, 0.3) is 0 Å². The number of alkyl halides is 1. The van der Waals surface area contributed by atoms with Gasteiger partial charge in [-0.1, -0.05) is 11.6 Å². The number of anilines is 3. The molecule has 164 valence electrons. The molecule has 0 spiro atoms. The van der Waals surface area contributed by atoms with Gasteiger partial charge in [0.15, 0.2) is 18.4 Å². The van der Waals surface area contributed by atoms with Crippen molar-refractivity contribution in [3.05, 3.63) is 18.2 Å². The lowest BCUT2D eigenvalue weighted by Crippen LogP contribution is -2.61. The number of nitrogen functional groups attached to an aromatic ring is 1. The average molecular weight is 443 g/mol. The number of hydrogen-bond donors (Lipinski definition) is 3. The van der Waals surface area contributed by atoms with Gasteiger partial charge in [-0.15, -0.1) is 0 Å². The minimum absolute atomic E-state index is 0.239. The monoisotopic (exact) mass is 442 g/mol. The maximum absolute atomic E-state index is 11.8. The summed E-state index contributed by atoms with van der Waals surface area (Å²) in [4.78, 5) is 36.2. The first-order valence-electron chi connectivity index (χ1n) is 9.07. The molecule has 1 aromatic rings. The summed E-state index contributed by atoms with van der Waals surface area (Å²) in [7, 11) is 0. The van der Waals surface area contributed by atoms with Gasteiger partial charge in [0.05, 0.1) is 11.4 Å². The van der Waals surface area contributed by atoms with Gasteiger partial charge in [-0.05, 0) is 18.2 Å². The lowest BCUT2D eigenvalue weighted by Gasteiger charge is -2.37. The fourth-order valence-electron chi connectivity index (χ4n) is 3.51. The fraction of sp³-hybridized carbons (Fsp3) is 0.500. The summed E-state index contributed by atoms with van der Waals surface area (Å²) in [5.41, 5.74) is 13.6. The lowest BCUT2D eigenvalue weighted by molar-refractivity contribution is -0.165. The Kier molecular flexibility index (Phi) is 5.97. The Morgan fingerprint density at radius 3 is 2.40 bits per heavy atom. The predicted octanol–water partition coefficient (Wildman–Crippen LogP) is 0.461. The molecule has 0 aromatic heterocycles. The molecule has 0 bridgehead atoms. The summed E-state index contributed by atoms with van der Waals surface area (Å²) in [6.07, 6.45) is -4.18. The van der Waals surface area contributed by atoms with Crippen molar-refractivity contribution in [1.29, 1.82) is 0 Å². The summed E-state index contributed by atoms with van der Waals surface area (Å²) in [6.45, 7) is 3.39. The Hall–Kier alpha value is -2.76. The van der Waals surface area contributed by atoms with Crippen LogP contribution in [0, 0.1) is 0 Å². The maximum atomic E-state index is 11.8. The average Bonchev–Trinajstić information content (AvgIpc) is 3.04. The molecule has 12 heteroatoms. The van der Waals surface area contributed by atoms with E-state index in [0.29, 0.717) is 17.1 Å². The van der Waals surface area contributed by atoms with E-state index in [1.165, 1.54) is 25.7 Å². The summed E-state index contributed by atoms with van der Waals surface area (Å²) in [5.74, 6) is -1.82. The van der Waals surface area contributed by atoms with Crippen LogP contribution in [-0.2, 0) is 33.3 Å². The maximum Gasteiger partial charge on any atom is 0.303 e. The highest BCUT2D eigenvalue weighted by Crippen LogP contribution is 2.45. The standard InChI is InChI=1S/C18H23ClN4O7/c1-8(24)27-7-14-15(28-9(2)25)16(29-10(3)26)17(30-14)23-13-5-4-11(20)6-12(13)22-18(23,19)21/h4-6,14-17,22H,7,20-21H2,1-3H3/t14-,15-,16-,17-,18?/m1/s1. The van der Waals surface area contributed by atoms with E-state index >= 15 is 0 Å². The molecular formula is C18H23ClN4O7. The van der Waals surface area contributed by atoms with E-state index in [9.17, 15) is 14.4 Å². The van der Waals surface area contributed by atoms with Crippen LogP contribution in [0.4, 0.5) is 17.1 Å². The van der Waals surface area contributed by atoms with Crippen LogP contribution in [-0.4, -0.2) is 54.3 Å². The number of nitrogens with two attached hydrogens (primary N) is 2. The molecule has 0 amide bonds. The minimum atomic E-state index is -1.67. The molecule has 1 aromatic carbocycles. The van der Waals surface area contributed by atoms with Crippen molar-refractivity contribution in [2.24, 2.45) is 5.73 Å². The zero-order chi connectivity index (χ0) is 22.2. The van der Waals surface area contributed by atoms with Crippen LogP contribution in [0.3, 0.4) is 0 Å². The molecular weight excluding hydrogens is 420 g/mol. The molecule has 1 unspecified atom stereocenters. The Morgan fingerprint density at radius 2 is 1.80 bits per heavy atom. The second kappa shape index (κ2) is 8.17. The Balaban J connectivity index is 2.01. The van der Waals surface area contributed by atoms with Crippen molar-refractivity contribution >= 4 is 46.6 Å². The van der Waals surface area contributed by atoms with Crippen molar-refractivity contribution < 1.29 is 33.3 Å². The third-order valence-electron chi connectivity index (χ3n) is 4.54. The first-order chi connectivity index (χ1) is 14.0. The first-order valence-corrected chi connectivity index (χ1v) is 9.45. The normalized spacial score (nSPS) is 29.7. The van der Waals surface area contributed by atoms with Gasteiger partial charge in [0.2, 0.25) is 5.25 Å². The van der Waals surface area contributed by atoms with E-state index in [0.717, 1.165) is 0 Å². The molecule has 30 heavy (non-hydrogen) atoms. The number of fused-ring (bicyclic) bond motifs is 1. The number of nitrogens with zero attached hydrogens (tertiary/aromatic N) is 1. The number of hydrogen-bond acceptors (Lipinski definition) is 11. The molecule has 1 saturated heterocycles. The summed E-state index contributed by atoms with van der Waals surface area (Å²) in [6, 6.07) is 4.94. The zero-order valence-electron chi connectivity index (χ0n) is 16.6. The van der Waals surface area contributed by atoms with E-state index < -0.39 is 47.7 Å². The van der Waals surface area contributed by atoms with Crippen LogP contribution in [0.15, 0.2) is 18.2 Å². The third-order valence-corrected chi connectivity index (χ3v) is 4.81. The summed E-state index contributed by atoms with van der Waals surface area (Å²) in [5, 5.41) is 1.24. The van der Waals surface area contributed by atoms with Gasteiger partial charge in [-0.25, -0.2) is 0 Å². The summed E-state index contributed by atoms with van der Waals surface area (Å²) < 4.78 is 21.8. The number of rotatable bonds is 5. The molecule has 2 aliphatic rings. The number of esters is 3. The van der Waals surface area contributed by atoms with Crippen LogP contribution >= 0.6 is 11.6 Å². The molecule has 5 N–H and O–H groups in total. The number of carbonyl (C=O) groups is 3. The lowest BCUT2D eigenvalue weighted by atomic mass is 10.1. The van der Waals surface area contributed by atoms with Crippen molar-refractivity contribution in [3.8, 4) is 0 Å². The van der Waals surface area contributed by atoms with Gasteiger partial charge in [0.25, 0.3) is 0 Å². The Morgan fingerprint density at radius 1 is 1.17 bits per heavy atom. The van der Waals surface area contributed by atoms with E-state index in [4.69, 9.17) is 42.0 Å². The number of halogens is 1. The Labute approximate surface area is 177 Å². The molecule has 11 nitrogen and oxygen atoms in total.